The monoisotopic (exact) mass is 453 g/mol. The molecule has 1 amide bonds. The van der Waals surface area contributed by atoms with Gasteiger partial charge in [-0.2, -0.15) is 0 Å². The number of halogens is 1. The lowest BCUT2D eigenvalue weighted by molar-refractivity contribution is -0.128. The van der Waals surface area contributed by atoms with Gasteiger partial charge < -0.3 is 16.0 Å². The average Bonchev–Trinajstić information content (AvgIpc) is 2.54. The number of carbonyl (C=O) groups is 1. The molecule has 0 unspecified atom stereocenters. The van der Waals surface area contributed by atoms with Crippen LogP contribution in [0.2, 0.25) is 0 Å². The molecular weight excluding hydrogens is 417 g/mol. The number of rotatable bonds is 6. The SMILES string of the molecule is CN=C(NCC(C)(C)C(=O)NC)NCC(C)(C)N1CCCCC1.I. The molecule has 1 fully saturated rings. The third-order valence-corrected chi connectivity index (χ3v) is 4.66. The molecular formula is C17H36IN5O. The summed E-state index contributed by atoms with van der Waals surface area (Å²) in [5.74, 6) is 0.765. The van der Waals surface area contributed by atoms with Gasteiger partial charge in [0.25, 0.3) is 0 Å². The molecule has 0 saturated carbocycles. The summed E-state index contributed by atoms with van der Waals surface area (Å²) in [6, 6.07) is 0. The molecule has 24 heavy (non-hydrogen) atoms. The zero-order chi connectivity index (χ0) is 17.5. The van der Waals surface area contributed by atoms with Gasteiger partial charge >= 0.3 is 0 Å². The van der Waals surface area contributed by atoms with Crippen molar-refractivity contribution in [2.75, 3.05) is 40.3 Å². The molecule has 0 radical (unpaired) electrons. The molecule has 6 nitrogen and oxygen atoms in total. The van der Waals surface area contributed by atoms with E-state index in [0.29, 0.717) is 6.54 Å². The van der Waals surface area contributed by atoms with Crippen LogP contribution in [0.25, 0.3) is 0 Å². The Balaban J connectivity index is 0.00000529. The standard InChI is InChI=1S/C17H35N5O.HI/c1-16(2,14(23)18-5)12-20-15(19-6)21-13-17(3,4)22-10-8-7-9-11-22;/h7-13H2,1-6H3,(H,18,23)(H2,19,20,21);1H. The summed E-state index contributed by atoms with van der Waals surface area (Å²) < 4.78 is 0. The van der Waals surface area contributed by atoms with E-state index in [1.165, 1.54) is 32.4 Å². The van der Waals surface area contributed by atoms with E-state index in [-0.39, 0.29) is 35.4 Å². The highest BCUT2D eigenvalue weighted by molar-refractivity contribution is 14.0. The normalized spacial score (nSPS) is 17.0. The van der Waals surface area contributed by atoms with Crippen molar-refractivity contribution in [3.63, 3.8) is 0 Å². The van der Waals surface area contributed by atoms with Crippen molar-refractivity contribution < 1.29 is 4.79 Å². The zero-order valence-electron chi connectivity index (χ0n) is 16.2. The molecule has 0 aromatic rings. The van der Waals surface area contributed by atoms with Gasteiger partial charge in [-0.3, -0.25) is 14.7 Å². The van der Waals surface area contributed by atoms with Crippen LogP contribution in [0.1, 0.15) is 47.0 Å². The van der Waals surface area contributed by atoms with Gasteiger partial charge in [0, 0.05) is 32.7 Å². The van der Waals surface area contributed by atoms with Gasteiger partial charge in [-0.05, 0) is 53.6 Å². The largest absolute Gasteiger partial charge is 0.359 e. The number of carbonyl (C=O) groups excluding carboxylic acids is 1. The molecule has 1 aliphatic rings. The Hall–Kier alpha value is -0.570. The second-order valence-electron chi connectivity index (χ2n) is 7.60. The molecule has 3 N–H and O–H groups in total. The van der Waals surface area contributed by atoms with Crippen molar-refractivity contribution in [3.8, 4) is 0 Å². The van der Waals surface area contributed by atoms with Gasteiger partial charge in [0.1, 0.15) is 0 Å². The fraction of sp³-hybridized carbons (Fsp3) is 0.882. The lowest BCUT2D eigenvalue weighted by atomic mass is 9.92. The Bertz CT molecular complexity index is 417. The summed E-state index contributed by atoms with van der Waals surface area (Å²) in [7, 11) is 3.43. The van der Waals surface area contributed by atoms with E-state index < -0.39 is 5.41 Å². The minimum Gasteiger partial charge on any atom is -0.359 e. The van der Waals surface area contributed by atoms with Crippen molar-refractivity contribution in [1.82, 2.24) is 20.9 Å². The summed E-state index contributed by atoms with van der Waals surface area (Å²) in [5, 5.41) is 9.36. The van der Waals surface area contributed by atoms with Gasteiger partial charge in [0.05, 0.1) is 5.41 Å². The topological polar surface area (TPSA) is 68.8 Å². The second kappa shape index (κ2) is 10.4. The summed E-state index contributed by atoms with van der Waals surface area (Å²) in [6.45, 7) is 12.1. The van der Waals surface area contributed by atoms with Gasteiger partial charge in [0.15, 0.2) is 5.96 Å². The minimum atomic E-state index is -0.477. The smallest absolute Gasteiger partial charge is 0.227 e. The van der Waals surface area contributed by atoms with E-state index in [1.807, 2.05) is 13.8 Å². The summed E-state index contributed by atoms with van der Waals surface area (Å²) >= 11 is 0. The van der Waals surface area contributed by atoms with Crippen LogP contribution in [-0.4, -0.2) is 62.6 Å². The Morgan fingerprint density at radius 2 is 1.58 bits per heavy atom. The lowest BCUT2D eigenvalue weighted by Crippen LogP contribution is -2.55. The zero-order valence-corrected chi connectivity index (χ0v) is 18.5. The molecule has 1 rings (SSSR count). The van der Waals surface area contributed by atoms with E-state index in [2.05, 4.69) is 39.7 Å². The molecule has 0 aromatic carbocycles. The number of guanidine groups is 1. The Morgan fingerprint density at radius 1 is 1.04 bits per heavy atom. The summed E-state index contributed by atoms with van der Waals surface area (Å²) in [6.07, 6.45) is 3.92. The molecule has 1 saturated heterocycles. The third-order valence-electron chi connectivity index (χ3n) is 4.66. The fourth-order valence-electron chi connectivity index (χ4n) is 2.86. The fourth-order valence-corrected chi connectivity index (χ4v) is 2.86. The van der Waals surface area contributed by atoms with Crippen molar-refractivity contribution in [3.05, 3.63) is 0 Å². The minimum absolute atomic E-state index is 0. The van der Waals surface area contributed by atoms with Gasteiger partial charge in [-0.25, -0.2) is 0 Å². The number of likely N-dealkylation sites (tertiary alicyclic amines) is 1. The van der Waals surface area contributed by atoms with Crippen molar-refractivity contribution in [1.29, 1.82) is 0 Å². The molecule has 0 bridgehead atoms. The first-order valence-electron chi connectivity index (χ1n) is 8.65. The van der Waals surface area contributed by atoms with Gasteiger partial charge in [-0.15, -0.1) is 24.0 Å². The van der Waals surface area contributed by atoms with Crippen molar-refractivity contribution in [2.45, 2.75) is 52.5 Å². The number of hydrogen-bond acceptors (Lipinski definition) is 3. The summed E-state index contributed by atoms with van der Waals surface area (Å²) in [4.78, 5) is 18.7. The number of piperidine rings is 1. The molecule has 0 atom stereocenters. The highest BCUT2D eigenvalue weighted by atomic mass is 127. The van der Waals surface area contributed by atoms with Crippen LogP contribution < -0.4 is 16.0 Å². The Labute approximate surface area is 164 Å². The van der Waals surface area contributed by atoms with Crippen LogP contribution >= 0.6 is 24.0 Å². The maximum absolute atomic E-state index is 11.8. The third kappa shape index (κ3) is 7.13. The predicted molar refractivity (Wildman–Crippen MR) is 112 cm³/mol. The van der Waals surface area contributed by atoms with E-state index in [4.69, 9.17) is 0 Å². The van der Waals surface area contributed by atoms with Crippen molar-refractivity contribution >= 4 is 35.8 Å². The van der Waals surface area contributed by atoms with Crippen molar-refractivity contribution in [2.24, 2.45) is 10.4 Å². The molecule has 7 heteroatoms. The lowest BCUT2D eigenvalue weighted by Gasteiger charge is -2.41. The van der Waals surface area contributed by atoms with Crippen LogP contribution in [0.3, 0.4) is 0 Å². The highest BCUT2D eigenvalue weighted by Gasteiger charge is 2.29. The average molecular weight is 453 g/mol. The number of nitrogens with zero attached hydrogens (tertiary/aromatic N) is 2. The maximum Gasteiger partial charge on any atom is 0.227 e. The number of hydrogen-bond donors (Lipinski definition) is 3. The Morgan fingerprint density at radius 3 is 2.08 bits per heavy atom. The predicted octanol–water partition coefficient (Wildman–Crippen LogP) is 1.81. The second-order valence-corrected chi connectivity index (χ2v) is 7.60. The van der Waals surface area contributed by atoms with Crippen LogP contribution in [-0.2, 0) is 4.79 Å². The first-order chi connectivity index (χ1) is 10.7. The van der Waals surface area contributed by atoms with Crippen LogP contribution in [0.5, 0.6) is 0 Å². The molecule has 0 aromatic heterocycles. The van der Waals surface area contributed by atoms with Crippen LogP contribution in [0, 0.1) is 5.41 Å². The van der Waals surface area contributed by atoms with Crippen LogP contribution in [0.15, 0.2) is 4.99 Å². The number of nitrogens with one attached hydrogen (secondary N) is 3. The summed E-state index contributed by atoms with van der Waals surface area (Å²) in [5.41, 5.74) is -0.386. The molecule has 0 aliphatic carbocycles. The molecule has 1 heterocycles. The maximum atomic E-state index is 11.8. The first kappa shape index (κ1) is 23.4. The van der Waals surface area contributed by atoms with Gasteiger partial charge in [-0.1, -0.05) is 6.42 Å². The van der Waals surface area contributed by atoms with E-state index >= 15 is 0 Å². The van der Waals surface area contributed by atoms with Gasteiger partial charge in [0.2, 0.25) is 5.91 Å². The quantitative estimate of drug-likeness (QED) is 0.326. The molecule has 142 valence electrons. The number of aliphatic imine (C=N–C) groups is 1. The number of amides is 1. The Kier molecular flexibility index (Phi) is 10.2. The molecule has 0 spiro atoms. The van der Waals surface area contributed by atoms with E-state index in [0.717, 1.165) is 12.5 Å². The molecule has 1 aliphatic heterocycles. The first-order valence-corrected chi connectivity index (χ1v) is 8.65. The highest BCUT2D eigenvalue weighted by Crippen LogP contribution is 2.19. The van der Waals surface area contributed by atoms with E-state index in [1.54, 1.807) is 14.1 Å². The van der Waals surface area contributed by atoms with E-state index in [9.17, 15) is 4.79 Å². The van der Waals surface area contributed by atoms with Crippen LogP contribution in [0.4, 0.5) is 0 Å².